The van der Waals surface area contributed by atoms with Crippen molar-refractivity contribution in [1.29, 1.82) is 0 Å². The maximum Gasteiger partial charge on any atom is 0.106 e. The van der Waals surface area contributed by atoms with Crippen LogP contribution in [0.1, 0.15) is 23.1 Å². The van der Waals surface area contributed by atoms with Crippen molar-refractivity contribution < 1.29 is 4.74 Å². The van der Waals surface area contributed by atoms with E-state index in [2.05, 4.69) is 46.3 Å². The Balaban J connectivity index is 1.47. The molecule has 1 saturated heterocycles. The number of hydrogen-bond acceptors (Lipinski definition) is 3. The van der Waals surface area contributed by atoms with Crippen molar-refractivity contribution in [2.75, 3.05) is 26.2 Å². The van der Waals surface area contributed by atoms with Gasteiger partial charge in [-0.05, 0) is 48.1 Å². The van der Waals surface area contributed by atoms with E-state index in [1.807, 2.05) is 12.4 Å². The number of benzene rings is 1. The van der Waals surface area contributed by atoms with E-state index in [0.29, 0.717) is 0 Å². The van der Waals surface area contributed by atoms with Gasteiger partial charge in [0.15, 0.2) is 0 Å². The molecule has 0 radical (unpaired) electrons. The Bertz CT molecular complexity index is 639. The zero-order chi connectivity index (χ0) is 14.8. The van der Waals surface area contributed by atoms with Gasteiger partial charge >= 0.3 is 0 Å². The van der Waals surface area contributed by atoms with Gasteiger partial charge in [-0.3, -0.25) is 9.88 Å². The summed E-state index contributed by atoms with van der Waals surface area (Å²) in [6.45, 7) is 3.99. The Labute approximate surface area is 131 Å². The summed E-state index contributed by atoms with van der Waals surface area (Å²) in [6.07, 6.45) is 7.11. The molecule has 3 nitrogen and oxygen atoms in total. The maximum atomic E-state index is 6.28. The molecule has 0 N–H and O–H groups in total. The molecule has 2 heterocycles. The zero-order valence-electron chi connectivity index (χ0n) is 12.9. The fourth-order valence-electron chi connectivity index (χ4n) is 3.85. The molecule has 1 atom stereocenters. The van der Waals surface area contributed by atoms with Crippen LogP contribution in [-0.2, 0) is 23.2 Å². The lowest BCUT2D eigenvalue weighted by Crippen LogP contribution is -2.49. The summed E-state index contributed by atoms with van der Waals surface area (Å²) in [5, 5.41) is 0. The molecule has 2 aliphatic rings. The molecule has 1 aliphatic heterocycles. The first kappa shape index (κ1) is 13.9. The van der Waals surface area contributed by atoms with E-state index in [9.17, 15) is 0 Å². The van der Waals surface area contributed by atoms with Crippen LogP contribution < -0.4 is 0 Å². The Morgan fingerprint density at radius 1 is 1.14 bits per heavy atom. The molecule has 22 heavy (non-hydrogen) atoms. The predicted octanol–water partition coefficient (Wildman–Crippen LogP) is 2.80. The van der Waals surface area contributed by atoms with Gasteiger partial charge in [0, 0.05) is 32.0 Å². The fourth-order valence-corrected chi connectivity index (χ4v) is 3.85. The van der Waals surface area contributed by atoms with Crippen molar-refractivity contribution in [3.63, 3.8) is 0 Å². The highest BCUT2D eigenvalue weighted by Crippen LogP contribution is 2.42. The van der Waals surface area contributed by atoms with Crippen LogP contribution in [0.2, 0.25) is 0 Å². The van der Waals surface area contributed by atoms with Gasteiger partial charge in [0.2, 0.25) is 0 Å². The number of aryl methyl sites for hydroxylation is 1. The van der Waals surface area contributed by atoms with E-state index in [-0.39, 0.29) is 5.60 Å². The first-order valence-corrected chi connectivity index (χ1v) is 8.19. The van der Waals surface area contributed by atoms with Gasteiger partial charge < -0.3 is 4.74 Å². The largest absolute Gasteiger partial charge is 0.368 e. The molecule has 1 aromatic heterocycles. The van der Waals surface area contributed by atoms with E-state index in [0.717, 1.165) is 45.5 Å². The fraction of sp³-hybridized carbons (Fsp3) is 0.421. The van der Waals surface area contributed by atoms with Crippen LogP contribution in [0.5, 0.6) is 0 Å². The second kappa shape index (κ2) is 5.82. The van der Waals surface area contributed by atoms with Gasteiger partial charge in [0.25, 0.3) is 0 Å². The smallest absolute Gasteiger partial charge is 0.106 e. The van der Waals surface area contributed by atoms with Crippen molar-refractivity contribution in [3.05, 3.63) is 65.5 Å². The van der Waals surface area contributed by atoms with Crippen LogP contribution in [0.3, 0.4) is 0 Å². The first-order chi connectivity index (χ1) is 10.9. The summed E-state index contributed by atoms with van der Waals surface area (Å²) < 4.78 is 6.28. The minimum absolute atomic E-state index is 0.0624. The number of ether oxygens (including phenoxy) is 1. The van der Waals surface area contributed by atoms with Crippen molar-refractivity contribution >= 4 is 0 Å². The van der Waals surface area contributed by atoms with Crippen molar-refractivity contribution in [1.82, 2.24) is 9.88 Å². The zero-order valence-corrected chi connectivity index (χ0v) is 12.9. The van der Waals surface area contributed by atoms with Gasteiger partial charge in [-0.25, -0.2) is 0 Å². The molecule has 1 aromatic carbocycles. The highest BCUT2D eigenvalue weighted by atomic mass is 16.5. The summed E-state index contributed by atoms with van der Waals surface area (Å²) in [6, 6.07) is 13.0. The monoisotopic (exact) mass is 294 g/mol. The molecule has 0 unspecified atom stereocenters. The second-order valence-corrected chi connectivity index (χ2v) is 6.38. The van der Waals surface area contributed by atoms with Gasteiger partial charge in [-0.1, -0.05) is 24.3 Å². The molecule has 1 spiro atoms. The first-order valence-electron chi connectivity index (χ1n) is 8.19. The van der Waals surface area contributed by atoms with Gasteiger partial charge in [-0.2, -0.15) is 0 Å². The van der Waals surface area contributed by atoms with Gasteiger partial charge in [0.05, 0.1) is 6.61 Å². The third-order valence-corrected chi connectivity index (χ3v) is 5.04. The van der Waals surface area contributed by atoms with Crippen LogP contribution in [0.4, 0.5) is 0 Å². The average Bonchev–Trinajstić information content (AvgIpc) is 2.93. The van der Waals surface area contributed by atoms with Crippen LogP contribution in [0.15, 0.2) is 48.8 Å². The molecule has 1 fully saturated rings. The molecular weight excluding hydrogens is 272 g/mol. The van der Waals surface area contributed by atoms with E-state index in [1.54, 1.807) is 0 Å². The normalized spacial score (nSPS) is 24.5. The Kier molecular flexibility index (Phi) is 3.68. The topological polar surface area (TPSA) is 25.4 Å². The lowest BCUT2D eigenvalue weighted by Gasteiger charge is -2.41. The van der Waals surface area contributed by atoms with Crippen molar-refractivity contribution in [3.8, 4) is 0 Å². The molecule has 0 saturated carbocycles. The second-order valence-electron chi connectivity index (χ2n) is 6.38. The number of aromatic nitrogens is 1. The lowest BCUT2D eigenvalue weighted by molar-refractivity contribution is -0.113. The standard InChI is InChI=1S/C19H22N2O/c1-2-4-18-17(3-1)5-9-19(18)15-21(13-14-22-19)12-8-16-6-10-20-11-7-16/h1-4,6-7,10-11H,5,8-9,12-15H2/t19-/m1/s1. The third kappa shape index (κ3) is 2.55. The molecule has 2 aromatic rings. The van der Waals surface area contributed by atoms with Crippen LogP contribution in [0, 0.1) is 0 Å². The Hall–Kier alpha value is -1.71. The number of nitrogens with zero attached hydrogens (tertiary/aromatic N) is 2. The summed E-state index contributed by atoms with van der Waals surface area (Å²) in [5.41, 5.74) is 4.19. The number of fused-ring (bicyclic) bond motifs is 2. The van der Waals surface area contributed by atoms with E-state index >= 15 is 0 Å². The van der Waals surface area contributed by atoms with Crippen molar-refractivity contribution in [2.45, 2.75) is 24.9 Å². The average molecular weight is 294 g/mol. The van der Waals surface area contributed by atoms with Crippen LogP contribution in [-0.4, -0.2) is 36.1 Å². The number of hydrogen-bond donors (Lipinski definition) is 0. The molecule has 1 aliphatic carbocycles. The summed E-state index contributed by atoms with van der Waals surface area (Å²) >= 11 is 0. The van der Waals surface area contributed by atoms with Crippen LogP contribution >= 0.6 is 0 Å². The quantitative estimate of drug-likeness (QED) is 0.870. The minimum Gasteiger partial charge on any atom is -0.368 e. The summed E-state index contributed by atoms with van der Waals surface area (Å²) in [4.78, 5) is 6.65. The van der Waals surface area contributed by atoms with E-state index in [1.165, 1.54) is 16.7 Å². The summed E-state index contributed by atoms with van der Waals surface area (Å²) in [7, 11) is 0. The number of pyridine rings is 1. The molecule has 4 rings (SSSR count). The SMILES string of the molecule is c1ccc2c(c1)CC[C@@]21CN(CCc2ccncc2)CCO1. The third-order valence-electron chi connectivity index (χ3n) is 5.04. The molecular formula is C19H22N2O. The Morgan fingerprint density at radius 3 is 2.91 bits per heavy atom. The number of morpholine rings is 1. The van der Waals surface area contributed by atoms with E-state index < -0.39 is 0 Å². The van der Waals surface area contributed by atoms with Gasteiger partial charge in [-0.15, -0.1) is 0 Å². The summed E-state index contributed by atoms with van der Waals surface area (Å²) in [5.74, 6) is 0. The molecule has 0 bridgehead atoms. The number of rotatable bonds is 3. The van der Waals surface area contributed by atoms with E-state index in [4.69, 9.17) is 4.74 Å². The van der Waals surface area contributed by atoms with Gasteiger partial charge in [0.1, 0.15) is 5.60 Å². The lowest BCUT2D eigenvalue weighted by atomic mass is 9.93. The highest BCUT2D eigenvalue weighted by Gasteiger charge is 2.42. The molecule has 0 amide bonds. The Morgan fingerprint density at radius 2 is 2.00 bits per heavy atom. The highest BCUT2D eigenvalue weighted by molar-refractivity contribution is 5.38. The maximum absolute atomic E-state index is 6.28. The van der Waals surface area contributed by atoms with Crippen LogP contribution in [0.25, 0.3) is 0 Å². The minimum atomic E-state index is -0.0624. The predicted molar refractivity (Wildman–Crippen MR) is 86.8 cm³/mol. The molecule has 114 valence electrons. The van der Waals surface area contributed by atoms with Crippen molar-refractivity contribution in [2.24, 2.45) is 0 Å². The molecule has 3 heteroatoms.